The van der Waals surface area contributed by atoms with E-state index in [0.717, 1.165) is 30.8 Å². The van der Waals surface area contributed by atoms with Gasteiger partial charge in [0.1, 0.15) is 0 Å². The number of aryl methyl sites for hydroxylation is 3. The molecule has 0 saturated heterocycles. The molecule has 3 N–H and O–H groups in total. The average Bonchev–Trinajstić information content (AvgIpc) is 3.00. The number of hydrogen-bond acceptors (Lipinski definition) is 3. The van der Waals surface area contributed by atoms with Crippen LogP contribution in [0.3, 0.4) is 0 Å². The molecule has 0 fully saturated rings. The zero-order chi connectivity index (χ0) is 19.5. The molecule has 1 amide bonds. The molecule has 0 aliphatic rings. The Hall–Kier alpha value is -2.83. The summed E-state index contributed by atoms with van der Waals surface area (Å²) in [5.74, 6) is 0.727. The first-order chi connectivity index (χ1) is 13.1. The number of aliphatic imine (C=N–C) groups is 1. The van der Waals surface area contributed by atoms with E-state index in [-0.39, 0.29) is 5.91 Å². The van der Waals surface area contributed by atoms with Gasteiger partial charge in [-0.2, -0.15) is 5.10 Å². The molecule has 0 spiro atoms. The summed E-state index contributed by atoms with van der Waals surface area (Å²) >= 11 is 0. The summed E-state index contributed by atoms with van der Waals surface area (Å²) in [7, 11) is 1.73. The molecule has 1 aromatic carbocycles. The molecule has 0 aliphatic carbocycles. The van der Waals surface area contributed by atoms with Gasteiger partial charge < -0.3 is 16.0 Å². The minimum absolute atomic E-state index is 0.0198. The van der Waals surface area contributed by atoms with E-state index in [4.69, 9.17) is 0 Å². The summed E-state index contributed by atoms with van der Waals surface area (Å²) in [6.07, 6.45) is 1.35. The maximum atomic E-state index is 11.9. The van der Waals surface area contributed by atoms with Crippen molar-refractivity contribution in [3.05, 3.63) is 53.3 Å². The number of guanidine groups is 1. The molecule has 0 saturated carbocycles. The van der Waals surface area contributed by atoms with E-state index < -0.39 is 0 Å². The molecule has 7 nitrogen and oxygen atoms in total. The van der Waals surface area contributed by atoms with Crippen LogP contribution in [0.1, 0.15) is 29.8 Å². The smallest absolute Gasteiger partial charge is 0.222 e. The minimum Gasteiger partial charge on any atom is -0.356 e. The summed E-state index contributed by atoms with van der Waals surface area (Å²) in [6.45, 7) is 6.82. The molecule has 1 aromatic heterocycles. The third-order valence-electron chi connectivity index (χ3n) is 4.14. The van der Waals surface area contributed by atoms with Crippen LogP contribution in [0, 0.1) is 13.8 Å². The van der Waals surface area contributed by atoms with E-state index >= 15 is 0 Å². The second kappa shape index (κ2) is 11.0. The maximum Gasteiger partial charge on any atom is 0.222 e. The summed E-state index contributed by atoms with van der Waals surface area (Å²) in [6, 6.07) is 12.0. The summed E-state index contributed by atoms with van der Waals surface area (Å²) < 4.78 is 2.02. The quantitative estimate of drug-likeness (QED) is 0.357. The van der Waals surface area contributed by atoms with E-state index in [1.807, 2.05) is 41.9 Å². The monoisotopic (exact) mass is 370 g/mol. The Kier molecular flexibility index (Phi) is 8.35. The fraction of sp³-hybridized carbons (Fsp3) is 0.450. The molecule has 146 valence electrons. The lowest BCUT2D eigenvalue weighted by atomic mass is 10.2. The van der Waals surface area contributed by atoms with Gasteiger partial charge in [0, 0.05) is 45.3 Å². The van der Waals surface area contributed by atoms with Crippen molar-refractivity contribution in [3.8, 4) is 0 Å². The second-order valence-electron chi connectivity index (χ2n) is 6.44. The van der Waals surface area contributed by atoms with Gasteiger partial charge in [0.15, 0.2) is 5.96 Å². The first-order valence-electron chi connectivity index (χ1n) is 9.34. The molecule has 0 radical (unpaired) electrons. The lowest BCUT2D eigenvalue weighted by Gasteiger charge is -2.12. The van der Waals surface area contributed by atoms with Gasteiger partial charge in [-0.15, -0.1) is 0 Å². The van der Waals surface area contributed by atoms with E-state index in [0.29, 0.717) is 25.5 Å². The maximum absolute atomic E-state index is 11.9. The van der Waals surface area contributed by atoms with Crippen LogP contribution in [-0.2, 0) is 17.9 Å². The van der Waals surface area contributed by atoms with E-state index in [1.165, 1.54) is 5.69 Å². The highest BCUT2D eigenvalue weighted by atomic mass is 16.1. The van der Waals surface area contributed by atoms with Crippen molar-refractivity contribution in [3.63, 3.8) is 0 Å². The molecule has 0 unspecified atom stereocenters. The first-order valence-corrected chi connectivity index (χ1v) is 9.34. The fourth-order valence-corrected chi connectivity index (χ4v) is 2.74. The third-order valence-corrected chi connectivity index (χ3v) is 4.14. The van der Waals surface area contributed by atoms with Crippen LogP contribution in [0.4, 0.5) is 0 Å². The lowest BCUT2D eigenvalue weighted by Crippen LogP contribution is -2.39. The number of hydrogen-bond donors (Lipinski definition) is 3. The summed E-state index contributed by atoms with van der Waals surface area (Å²) in [5, 5.41) is 13.8. The van der Waals surface area contributed by atoms with Gasteiger partial charge in [-0.1, -0.05) is 30.3 Å². The molecule has 1 heterocycles. The molecule has 0 aliphatic heterocycles. The zero-order valence-corrected chi connectivity index (χ0v) is 16.5. The van der Waals surface area contributed by atoms with Crippen molar-refractivity contribution >= 4 is 11.9 Å². The Labute approximate surface area is 161 Å². The Morgan fingerprint density at radius 1 is 1.11 bits per heavy atom. The molecular formula is C20H30N6O. The number of rotatable bonds is 9. The number of nitrogens with zero attached hydrogens (tertiary/aromatic N) is 3. The number of aromatic nitrogens is 2. The van der Waals surface area contributed by atoms with Gasteiger partial charge in [0.05, 0.1) is 5.69 Å². The van der Waals surface area contributed by atoms with Crippen LogP contribution in [0.25, 0.3) is 0 Å². The molecular weight excluding hydrogens is 340 g/mol. The average molecular weight is 371 g/mol. The Morgan fingerprint density at radius 3 is 2.52 bits per heavy atom. The largest absolute Gasteiger partial charge is 0.356 e. The molecule has 0 bridgehead atoms. The number of carbonyl (C=O) groups is 1. The topological polar surface area (TPSA) is 83.3 Å². The SMILES string of the molecule is CN=C(NCCCn1nc(C)cc1C)NCCC(=O)NCc1ccccc1. The van der Waals surface area contributed by atoms with Crippen LogP contribution >= 0.6 is 0 Å². The standard InChI is InChI=1S/C20H30N6O/c1-16-14-17(2)26(25-16)13-7-11-22-20(21-3)23-12-10-19(27)24-15-18-8-5-4-6-9-18/h4-6,8-9,14H,7,10-13,15H2,1-3H3,(H,24,27)(H2,21,22,23). The normalized spacial score (nSPS) is 11.3. The van der Waals surface area contributed by atoms with Crippen LogP contribution in [-0.4, -0.2) is 41.8 Å². The van der Waals surface area contributed by atoms with Gasteiger partial charge in [-0.3, -0.25) is 14.5 Å². The Bertz CT molecular complexity index is 738. The van der Waals surface area contributed by atoms with Gasteiger partial charge in [0.2, 0.25) is 5.91 Å². The second-order valence-corrected chi connectivity index (χ2v) is 6.44. The van der Waals surface area contributed by atoms with Crippen LogP contribution in [0.15, 0.2) is 41.4 Å². The number of carbonyl (C=O) groups excluding carboxylic acids is 1. The number of amides is 1. The number of benzene rings is 1. The van der Waals surface area contributed by atoms with Crippen molar-refractivity contribution in [2.75, 3.05) is 20.1 Å². The summed E-state index contributed by atoms with van der Waals surface area (Å²) in [4.78, 5) is 16.1. The van der Waals surface area contributed by atoms with Crippen molar-refractivity contribution in [1.82, 2.24) is 25.7 Å². The van der Waals surface area contributed by atoms with Gasteiger partial charge >= 0.3 is 0 Å². The van der Waals surface area contributed by atoms with Crippen molar-refractivity contribution in [2.45, 2.75) is 39.8 Å². The predicted molar refractivity (Wildman–Crippen MR) is 109 cm³/mol. The molecule has 27 heavy (non-hydrogen) atoms. The first kappa shape index (κ1) is 20.5. The van der Waals surface area contributed by atoms with Crippen molar-refractivity contribution in [2.24, 2.45) is 4.99 Å². The highest BCUT2D eigenvalue weighted by Crippen LogP contribution is 2.02. The molecule has 2 aromatic rings. The van der Waals surface area contributed by atoms with Crippen molar-refractivity contribution < 1.29 is 4.79 Å². The Morgan fingerprint density at radius 2 is 1.85 bits per heavy atom. The van der Waals surface area contributed by atoms with E-state index in [2.05, 4.69) is 39.0 Å². The summed E-state index contributed by atoms with van der Waals surface area (Å²) in [5.41, 5.74) is 3.32. The zero-order valence-electron chi connectivity index (χ0n) is 16.5. The highest BCUT2D eigenvalue weighted by Gasteiger charge is 2.04. The van der Waals surface area contributed by atoms with Crippen molar-refractivity contribution in [1.29, 1.82) is 0 Å². The van der Waals surface area contributed by atoms with Crippen LogP contribution in [0.5, 0.6) is 0 Å². The predicted octanol–water partition coefficient (Wildman–Crippen LogP) is 1.76. The Balaban J connectivity index is 1.58. The van der Waals surface area contributed by atoms with Gasteiger partial charge in [0.25, 0.3) is 0 Å². The highest BCUT2D eigenvalue weighted by molar-refractivity contribution is 5.81. The number of nitrogens with one attached hydrogen (secondary N) is 3. The van der Waals surface area contributed by atoms with Crippen LogP contribution in [0.2, 0.25) is 0 Å². The third kappa shape index (κ3) is 7.52. The fourth-order valence-electron chi connectivity index (χ4n) is 2.74. The molecule has 7 heteroatoms. The van der Waals surface area contributed by atoms with Gasteiger partial charge in [-0.05, 0) is 31.9 Å². The van der Waals surface area contributed by atoms with Gasteiger partial charge in [-0.25, -0.2) is 0 Å². The minimum atomic E-state index is 0.0198. The molecule has 0 atom stereocenters. The van der Waals surface area contributed by atoms with E-state index in [1.54, 1.807) is 7.05 Å². The lowest BCUT2D eigenvalue weighted by molar-refractivity contribution is -0.121. The van der Waals surface area contributed by atoms with E-state index in [9.17, 15) is 4.79 Å². The molecule has 2 rings (SSSR count). The van der Waals surface area contributed by atoms with Crippen LogP contribution < -0.4 is 16.0 Å².